The zero-order chi connectivity index (χ0) is 13.9. The van der Waals surface area contributed by atoms with Gasteiger partial charge in [-0.2, -0.15) is 0 Å². The first-order valence-corrected chi connectivity index (χ1v) is 6.58. The molecular formula is C13H15N5O2. The van der Waals surface area contributed by atoms with E-state index in [1.54, 1.807) is 6.07 Å². The van der Waals surface area contributed by atoms with Crippen molar-refractivity contribution in [1.82, 2.24) is 15.3 Å². The maximum absolute atomic E-state index is 10.9. The first-order chi connectivity index (χ1) is 9.74. The summed E-state index contributed by atoms with van der Waals surface area (Å²) in [5.41, 5.74) is 0.760. The highest BCUT2D eigenvalue weighted by Gasteiger charge is 2.15. The molecule has 0 bridgehead atoms. The number of rotatable bonds is 4. The van der Waals surface area contributed by atoms with E-state index in [4.69, 9.17) is 0 Å². The fourth-order valence-electron chi connectivity index (χ4n) is 2.43. The highest BCUT2D eigenvalue weighted by atomic mass is 16.6. The number of non-ortho nitro benzene ring substituents is 1. The summed E-state index contributed by atoms with van der Waals surface area (Å²) in [5, 5.41) is 18.1. The molecule has 2 N–H and O–H groups in total. The normalized spacial score (nSPS) is 18.3. The van der Waals surface area contributed by atoms with Crippen LogP contribution in [-0.4, -0.2) is 34.5 Å². The van der Waals surface area contributed by atoms with Gasteiger partial charge in [-0.15, -0.1) is 0 Å². The fraction of sp³-hybridized carbons (Fsp3) is 0.385. The number of nitrogens with one attached hydrogen (secondary N) is 2. The number of nitro groups is 1. The van der Waals surface area contributed by atoms with E-state index in [1.165, 1.54) is 18.5 Å². The molecule has 2 aromatic rings. The van der Waals surface area contributed by atoms with E-state index in [0.717, 1.165) is 26.1 Å². The first kappa shape index (κ1) is 12.7. The van der Waals surface area contributed by atoms with E-state index < -0.39 is 4.92 Å². The van der Waals surface area contributed by atoms with Gasteiger partial charge in [0.2, 0.25) is 0 Å². The number of hydrogen-bond acceptors (Lipinski definition) is 6. The Morgan fingerprint density at radius 3 is 3.10 bits per heavy atom. The predicted octanol–water partition coefficient (Wildman–Crippen LogP) is 1.56. The molecule has 0 spiro atoms. The SMILES string of the molecule is O=[N+]([O-])c1ccc2ncnc(NCC3CCNC3)c2c1. The number of benzene rings is 1. The summed E-state index contributed by atoms with van der Waals surface area (Å²) >= 11 is 0. The van der Waals surface area contributed by atoms with Crippen LogP contribution in [0.15, 0.2) is 24.5 Å². The molecule has 1 aromatic heterocycles. The molecule has 0 saturated carbocycles. The summed E-state index contributed by atoms with van der Waals surface area (Å²) in [4.78, 5) is 18.8. The van der Waals surface area contributed by atoms with E-state index in [-0.39, 0.29) is 5.69 Å². The molecule has 1 atom stereocenters. The Labute approximate surface area is 115 Å². The molecule has 1 fully saturated rings. The van der Waals surface area contributed by atoms with Crippen molar-refractivity contribution in [2.45, 2.75) is 6.42 Å². The Bertz CT molecular complexity index is 640. The molecule has 7 nitrogen and oxygen atoms in total. The quantitative estimate of drug-likeness (QED) is 0.648. The van der Waals surface area contributed by atoms with Gasteiger partial charge in [0.05, 0.1) is 10.4 Å². The summed E-state index contributed by atoms with van der Waals surface area (Å²) in [6.07, 6.45) is 2.61. The fourth-order valence-corrected chi connectivity index (χ4v) is 2.43. The van der Waals surface area contributed by atoms with Gasteiger partial charge in [0, 0.05) is 24.1 Å². The predicted molar refractivity (Wildman–Crippen MR) is 75.7 cm³/mol. The lowest BCUT2D eigenvalue weighted by Gasteiger charge is -2.11. The Morgan fingerprint density at radius 1 is 1.45 bits per heavy atom. The second kappa shape index (κ2) is 5.38. The van der Waals surface area contributed by atoms with Crippen molar-refractivity contribution < 1.29 is 4.92 Å². The van der Waals surface area contributed by atoms with Gasteiger partial charge in [0.25, 0.3) is 5.69 Å². The van der Waals surface area contributed by atoms with Crippen molar-refractivity contribution in [3.8, 4) is 0 Å². The minimum Gasteiger partial charge on any atom is -0.369 e. The maximum Gasteiger partial charge on any atom is 0.270 e. The Kier molecular flexibility index (Phi) is 3.42. The van der Waals surface area contributed by atoms with Gasteiger partial charge in [-0.3, -0.25) is 10.1 Å². The molecular weight excluding hydrogens is 258 g/mol. The lowest BCUT2D eigenvalue weighted by molar-refractivity contribution is -0.384. The molecule has 2 heterocycles. The summed E-state index contributed by atoms with van der Waals surface area (Å²) in [6, 6.07) is 4.63. The van der Waals surface area contributed by atoms with Crippen LogP contribution in [0.1, 0.15) is 6.42 Å². The Hall–Kier alpha value is -2.28. The smallest absolute Gasteiger partial charge is 0.270 e. The molecule has 3 rings (SSSR count). The van der Waals surface area contributed by atoms with E-state index in [0.29, 0.717) is 22.6 Å². The van der Waals surface area contributed by atoms with Gasteiger partial charge < -0.3 is 10.6 Å². The lowest BCUT2D eigenvalue weighted by Crippen LogP contribution is -2.17. The highest BCUT2D eigenvalue weighted by molar-refractivity contribution is 5.90. The zero-order valence-corrected chi connectivity index (χ0v) is 10.9. The average Bonchev–Trinajstić information content (AvgIpc) is 2.97. The molecule has 20 heavy (non-hydrogen) atoms. The molecule has 0 radical (unpaired) electrons. The summed E-state index contributed by atoms with van der Waals surface area (Å²) in [5.74, 6) is 1.23. The van der Waals surface area contributed by atoms with Gasteiger partial charge in [0.1, 0.15) is 12.1 Å². The average molecular weight is 273 g/mol. The molecule has 1 saturated heterocycles. The molecule has 1 unspecified atom stereocenters. The van der Waals surface area contributed by atoms with Gasteiger partial charge in [-0.05, 0) is 31.5 Å². The van der Waals surface area contributed by atoms with Crippen LogP contribution in [0.2, 0.25) is 0 Å². The van der Waals surface area contributed by atoms with Crippen molar-refractivity contribution in [2.24, 2.45) is 5.92 Å². The zero-order valence-electron chi connectivity index (χ0n) is 10.9. The maximum atomic E-state index is 10.9. The number of aromatic nitrogens is 2. The third kappa shape index (κ3) is 2.53. The van der Waals surface area contributed by atoms with E-state index in [9.17, 15) is 10.1 Å². The van der Waals surface area contributed by atoms with E-state index in [2.05, 4.69) is 20.6 Å². The molecule has 0 amide bonds. The lowest BCUT2D eigenvalue weighted by atomic mass is 10.1. The number of hydrogen-bond donors (Lipinski definition) is 2. The van der Waals surface area contributed by atoms with Gasteiger partial charge in [-0.1, -0.05) is 0 Å². The van der Waals surface area contributed by atoms with Crippen LogP contribution >= 0.6 is 0 Å². The number of nitrogens with zero attached hydrogens (tertiary/aromatic N) is 3. The van der Waals surface area contributed by atoms with Crippen molar-refractivity contribution in [2.75, 3.05) is 25.0 Å². The van der Waals surface area contributed by atoms with Crippen LogP contribution in [0, 0.1) is 16.0 Å². The second-order valence-corrected chi connectivity index (χ2v) is 4.92. The third-order valence-electron chi connectivity index (χ3n) is 3.55. The van der Waals surface area contributed by atoms with Crippen molar-refractivity contribution in [3.05, 3.63) is 34.6 Å². The van der Waals surface area contributed by atoms with Crippen molar-refractivity contribution >= 4 is 22.4 Å². The minimum atomic E-state index is -0.406. The standard InChI is InChI=1S/C13H15N5O2/c19-18(20)10-1-2-12-11(5-10)13(17-8-16-12)15-7-9-3-4-14-6-9/h1-2,5,8-9,14H,3-4,6-7H2,(H,15,16,17). The van der Waals surface area contributed by atoms with Crippen LogP contribution in [0.5, 0.6) is 0 Å². The van der Waals surface area contributed by atoms with Gasteiger partial charge in [-0.25, -0.2) is 9.97 Å². The van der Waals surface area contributed by atoms with Gasteiger partial charge >= 0.3 is 0 Å². The first-order valence-electron chi connectivity index (χ1n) is 6.58. The van der Waals surface area contributed by atoms with Gasteiger partial charge in [0.15, 0.2) is 0 Å². The minimum absolute atomic E-state index is 0.0536. The second-order valence-electron chi connectivity index (χ2n) is 4.92. The van der Waals surface area contributed by atoms with Crippen LogP contribution in [0.4, 0.5) is 11.5 Å². The summed E-state index contributed by atoms with van der Waals surface area (Å²) < 4.78 is 0. The van der Waals surface area contributed by atoms with E-state index >= 15 is 0 Å². The largest absolute Gasteiger partial charge is 0.369 e. The van der Waals surface area contributed by atoms with Crippen molar-refractivity contribution in [1.29, 1.82) is 0 Å². The van der Waals surface area contributed by atoms with Crippen LogP contribution in [0.3, 0.4) is 0 Å². The number of fused-ring (bicyclic) bond motifs is 1. The summed E-state index contributed by atoms with van der Waals surface area (Å²) in [7, 11) is 0. The molecule has 1 aliphatic rings. The third-order valence-corrected chi connectivity index (χ3v) is 3.55. The number of anilines is 1. The Morgan fingerprint density at radius 2 is 2.35 bits per heavy atom. The molecule has 0 aliphatic carbocycles. The molecule has 7 heteroatoms. The van der Waals surface area contributed by atoms with E-state index in [1.807, 2.05) is 0 Å². The molecule has 104 valence electrons. The Balaban J connectivity index is 1.88. The summed E-state index contributed by atoms with van der Waals surface area (Å²) in [6.45, 7) is 2.85. The molecule has 1 aliphatic heterocycles. The molecule has 1 aromatic carbocycles. The monoisotopic (exact) mass is 273 g/mol. The highest BCUT2D eigenvalue weighted by Crippen LogP contribution is 2.24. The van der Waals surface area contributed by atoms with Crippen LogP contribution in [-0.2, 0) is 0 Å². The number of nitro benzene ring substituents is 1. The van der Waals surface area contributed by atoms with Crippen molar-refractivity contribution in [3.63, 3.8) is 0 Å². The topological polar surface area (TPSA) is 93.0 Å². The van der Waals surface area contributed by atoms with Crippen LogP contribution < -0.4 is 10.6 Å². The van der Waals surface area contributed by atoms with Crippen LogP contribution in [0.25, 0.3) is 10.9 Å².